The van der Waals surface area contributed by atoms with Crippen LogP contribution in [0.1, 0.15) is 18.4 Å². The summed E-state index contributed by atoms with van der Waals surface area (Å²) in [6.07, 6.45) is 0. The molecule has 0 aromatic heterocycles. The molecule has 1 N–H and O–H groups in total. The van der Waals surface area contributed by atoms with E-state index >= 15 is 0 Å². The van der Waals surface area contributed by atoms with Crippen LogP contribution >= 0.6 is 11.6 Å². The Hall–Kier alpha value is -1.42. The first kappa shape index (κ1) is 10.1. The van der Waals surface area contributed by atoms with Crippen LogP contribution in [0.5, 0.6) is 11.5 Å². The van der Waals surface area contributed by atoms with Crippen molar-refractivity contribution in [3.8, 4) is 11.5 Å². The highest BCUT2D eigenvalue weighted by Gasteiger charge is 2.25. The first-order valence-electron chi connectivity index (χ1n) is 4.41. The van der Waals surface area contributed by atoms with Crippen LogP contribution in [-0.4, -0.2) is 17.9 Å². The third-order valence-corrected chi connectivity index (χ3v) is 2.52. The number of fused-ring (bicyclic) bond motifs is 1. The first-order chi connectivity index (χ1) is 7.09. The van der Waals surface area contributed by atoms with Gasteiger partial charge in [-0.3, -0.25) is 4.79 Å². The first-order valence-corrected chi connectivity index (χ1v) is 4.79. The molecular weight excluding hydrogens is 220 g/mol. The normalized spacial score (nSPS) is 15.1. The summed E-state index contributed by atoms with van der Waals surface area (Å²) in [5, 5.41) is 9.36. The molecule has 4 nitrogen and oxygen atoms in total. The molecule has 1 aromatic carbocycles. The van der Waals surface area contributed by atoms with Crippen molar-refractivity contribution in [3.63, 3.8) is 0 Å². The molecule has 1 heterocycles. The predicted octanol–water partition coefficient (Wildman–Crippen LogP) is 2.26. The van der Waals surface area contributed by atoms with Gasteiger partial charge in [0.25, 0.3) is 0 Å². The lowest BCUT2D eigenvalue weighted by Gasteiger charge is -2.10. The monoisotopic (exact) mass is 228 g/mol. The third kappa shape index (κ3) is 1.72. The second-order valence-electron chi connectivity index (χ2n) is 3.29. The predicted molar refractivity (Wildman–Crippen MR) is 53.6 cm³/mol. The largest absolute Gasteiger partial charge is 0.481 e. The summed E-state index contributed by atoms with van der Waals surface area (Å²) in [6, 6.07) is 3.20. The lowest BCUT2D eigenvalue weighted by atomic mass is 10.00. The molecule has 5 heteroatoms. The van der Waals surface area contributed by atoms with E-state index in [-0.39, 0.29) is 6.79 Å². The van der Waals surface area contributed by atoms with Crippen LogP contribution in [0, 0.1) is 0 Å². The van der Waals surface area contributed by atoms with Gasteiger partial charge in [0.15, 0.2) is 11.5 Å². The third-order valence-electron chi connectivity index (χ3n) is 2.30. The van der Waals surface area contributed by atoms with Gasteiger partial charge in [-0.25, -0.2) is 0 Å². The quantitative estimate of drug-likeness (QED) is 0.844. The van der Waals surface area contributed by atoms with Gasteiger partial charge >= 0.3 is 5.97 Å². The van der Waals surface area contributed by atoms with Crippen molar-refractivity contribution >= 4 is 17.6 Å². The number of carbonyl (C=O) groups is 1. The number of hydrogen-bond donors (Lipinski definition) is 1. The lowest BCUT2D eigenvalue weighted by Crippen LogP contribution is -2.08. The Labute approximate surface area is 91.4 Å². The molecule has 2 rings (SSSR count). The van der Waals surface area contributed by atoms with E-state index in [1.54, 1.807) is 19.1 Å². The molecule has 0 fully saturated rings. The second kappa shape index (κ2) is 3.62. The Morgan fingerprint density at radius 2 is 2.27 bits per heavy atom. The van der Waals surface area contributed by atoms with Gasteiger partial charge in [0.05, 0.1) is 5.92 Å². The Bertz CT molecular complexity index is 416. The maximum Gasteiger partial charge on any atom is 0.310 e. The second-order valence-corrected chi connectivity index (χ2v) is 3.73. The highest BCUT2D eigenvalue weighted by molar-refractivity contribution is 6.30. The molecule has 0 spiro atoms. The van der Waals surface area contributed by atoms with Crippen molar-refractivity contribution in [1.82, 2.24) is 0 Å². The van der Waals surface area contributed by atoms with E-state index in [1.165, 1.54) is 0 Å². The summed E-state index contributed by atoms with van der Waals surface area (Å²) in [5.74, 6) is -0.603. The molecule has 0 aliphatic carbocycles. The number of carboxylic acid groups (broad SMARTS) is 1. The van der Waals surface area contributed by atoms with Crippen molar-refractivity contribution < 1.29 is 19.4 Å². The number of rotatable bonds is 2. The molecule has 0 saturated carbocycles. The van der Waals surface area contributed by atoms with Crippen LogP contribution in [0.2, 0.25) is 5.02 Å². The Morgan fingerprint density at radius 1 is 1.53 bits per heavy atom. The average molecular weight is 229 g/mol. The fourth-order valence-corrected chi connectivity index (χ4v) is 1.67. The number of hydrogen-bond acceptors (Lipinski definition) is 3. The standard InChI is InChI=1S/C10H9ClO4/c1-5(10(12)13)7-2-6(11)3-8-9(7)15-4-14-8/h2-3,5H,4H2,1H3,(H,12,13). The molecule has 1 aliphatic heterocycles. The maximum atomic E-state index is 10.9. The van der Waals surface area contributed by atoms with E-state index in [0.717, 1.165) is 0 Å². The Balaban J connectivity index is 2.51. The minimum absolute atomic E-state index is 0.106. The number of halogens is 1. The van der Waals surface area contributed by atoms with Gasteiger partial charge in [0.1, 0.15) is 0 Å². The van der Waals surface area contributed by atoms with Gasteiger partial charge in [-0.2, -0.15) is 0 Å². The summed E-state index contributed by atoms with van der Waals surface area (Å²) in [5.41, 5.74) is 0.544. The number of aliphatic carboxylic acids is 1. The van der Waals surface area contributed by atoms with E-state index in [0.29, 0.717) is 22.1 Å². The fourth-order valence-electron chi connectivity index (χ4n) is 1.46. The highest BCUT2D eigenvalue weighted by Crippen LogP contribution is 2.41. The molecular formula is C10H9ClO4. The van der Waals surface area contributed by atoms with Gasteiger partial charge in [-0.15, -0.1) is 0 Å². The van der Waals surface area contributed by atoms with Gasteiger partial charge in [-0.05, 0) is 13.0 Å². The molecule has 80 valence electrons. The Morgan fingerprint density at radius 3 is 2.93 bits per heavy atom. The van der Waals surface area contributed by atoms with Crippen LogP contribution in [-0.2, 0) is 4.79 Å². The van der Waals surface area contributed by atoms with Crippen LogP contribution in [0.25, 0.3) is 0 Å². The summed E-state index contributed by atoms with van der Waals surface area (Å²) in [6.45, 7) is 1.69. The molecule has 0 saturated heterocycles. The van der Waals surface area contributed by atoms with Crippen molar-refractivity contribution in [2.45, 2.75) is 12.8 Å². The van der Waals surface area contributed by atoms with Crippen molar-refractivity contribution in [2.75, 3.05) is 6.79 Å². The molecule has 0 radical (unpaired) electrons. The summed E-state index contributed by atoms with van der Waals surface area (Å²) < 4.78 is 10.4. The smallest absolute Gasteiger partial charge is 0.310 e. The maximum absolute atomic E-state index is 10.9. The summed E-state index contributed by atoms with van der Waals surface area (Å²) >= 11 is 5.85. The lowest BCUT2D eigenvalue weighted by molar-refractivity contribution is -0.138. The van der Waals surface area contributed by atoms with Crippen LogP contribution < -0.4 is 9.47 Å². The fraction of sp³-hybridized carbons (Fsp3) is 0.300. The molecule has 15 heavy (non-hydrogen) atoms. The van der Waals surface area contributed by atoms with E-state index in [2.05, 4.69) is 0 Å². The van der Waals surface area contributed by atoms with Crippen LogP contribution in [0.4, 0.5) is 0 Å². The molecule has 0 amide bonds. The zero-order valence-electron chi connectivity index (χ0n) is 7.99. The van der Waals surface area contributed by atoms with E-state index in [4.69, 9.17) is 26.2 Å². The van der Waals surface area contributed by atoms with Crippen LogP contribution in [0.15, 0.2) is 12.1 Å². The van der Waals surface area contributed by atoms with Crippen molar-refractivity contribution in [2.24, 2.45) is 0 Å². The van der Waals surface area contributed by atoms with Gasteiger partial charge in [-0.1, -0.05) is 11.6 Å². The highest BCUT2D eigenvalue weighted by atomic mass is 35.5. The van der Waals surface area contributed by atoms with E-state index in [1.807, 2.05) is 0 Å². The molecule has 0 bridgehead atoms. The molecule has 1 atom stereocenters. The molecule has 1 aliphatic rings. The van der Waals surface area contributed by atoms with E-state index in [9.17, 15) is 4.79 Å². The Kier molecular flexibility index (Phi) is 2.44. The average Bonchev–Trinajstić information content (AvgIpc) is 2.62. The minimum Gasteiger partial charge on any atom is -0.481 e. The zero-order chi connectivity index (χ0) is 11.0. The number of benzene rings is 1. The number of carboxylic acids is 1. The van der Waals surface area contributed by atoms with Gasteiger partial charge in [0, 0.05) is 16.7 Å². The van der Waals surface area contributed by atoms with Crippen LogP contribution in [0.3, 0.4) is 0 Å². The number of ether oxygens (including phenoxy) is 2. The SMILES string of the molecule is CC(C(=O)O)c1cc(Cl)cc2c1OCO2. The topological polar surface area (TPSA) is 55.8 Å². The molecule has 1 unspecified atom stereocenters. The van der Waals surface area contributed by atoms with Gasteiger partial charge in [0.2, 0.25) is 6.79 Å². The zero-order valence-corrected chi connectivity index (χ0v) is 8.75. The minimum atomic E-state index is -0.921. The van der Waals surface area contributed by atoms with Crippen molar-refractivity contribution in [3.05, 3.63) is 22.7 Å². The van der Waals surface area contributed by atoms with Gasteiger partial charge < -0.3 is 14.6 Å². The van der Waals surface area contributed by atoms with Crippen molar-refractivity contribution in [1.29, 1.82) is 0 Å². The van der Waals surface area contributed by atoms with E-state index < -0.39 is 11.9 Å². The summed E-state index contributed by atoms with van der Waals surface area (Å²) in [7, 11) is 0. The molecule has 1 aromatic rings. The summed E-state index contributed by atoms with van der Waals surface area (Å²) in [4.78, 5) is 10.9.